The van der Waals surface area contributed by atoms with Gasteiger partial charge in [-0.05, 0) is 25.0 Å². The van der Waals surface area contributed by atoms with Crippen molar-refractivity contribution in [2.75, 3.05) is 26.2 Å². The lowest BCUT2D eigenvalue weighted by molar-refractivity contribution is -0.122. The van der Waals surface area contributed by atoms with Crippen LogP contribution in [0.3, 0.4) is 0 Å². The predicted molar refractivity (Wildman–Crippen MR) is 132 cm³/mol. The molecule has 0 spiro atoms. The van der Waals surface area contributed by atoms with Crippen LogP contribution in [0.4, 0.5) is 0 Å². The summed E-state index contributed by atoms with van der Waals surface area (Å²) in [6.07, 6.45) is 3.20. The Bertz CT molecular complexity index is 1310. The summed E-state index contributed by atoms with van der Waals surface area (Å²) in [5.41, 5.74) is 1.88. The van der Waals surface area contributed by atoms with E-state index in [0.717, 1.165) is 5.69 Å². The molecule has 1 atom stereocenters. The lowest BCUT2D eigenvalue weighted by Gasteiger charge is -2.30. The molecule has 1 fully saturated rings. The second-order valence-electron chi connectivity index (χ2n) is 8.91. The summed E-state index contributed by atoms with van der Waals surface area (Å²) in [6, 6.07) is 10.1. The number of benzene rings is 1. The van der Waals surface area contributed by atoms with Gasteiger partial charge in [0.05, 0.1) is 12.4 Å². The van der Waals surface area contributed by atoms with E-state index in [1.54, 1.807) is 34.3 Å². The smallest absolute Gasteiger partial charge is 0.274 e. The van der Waals surface area contributed by atoms with Crippen molar-refractivity contribution in [1.82, 2.24) is 33.9 Å². The molecule has 2 aromatic heterocycles. The van der Waals surface area contributed by atoms with E-state index in [9.17, 15) is 18.0 Å². The van der Waals surface area contributed by atoms with Crippen LogP contribution in [0.1, 0.15) is 40.6 Å². The van der Waals surface area contributed by atoms with Crippen LogP contribution in [0.2, 0.25) is 0 Å². The highest BCUT2D eigenvalue weighted by Gasteiger charge is 2.35. The third-order valence-corrected chi connectivity index (χ3v) is 8.09. The Kier molecular flexibility index (Phi) is 7.55. The fourth-order valence-corrected chi connectivity index (χ4v) is 5.91. The van der Waals surface area contributed by atoms with Crippen molar-refractivity contribution in [3.63, 3.8) is 0 Å². The molecule has 2 amide bonds. The number of amides is 2. The fourth-order valence-electron chi connectivity index (χ4n) is 4.28. The summed E-state index contributed by atoms with van der Waals surface area (Å²) in [5.74, 6) is -0.556. The molecule has 1 aliphatic rings. The molecule has 192 valence electrons. The van der Waals surface area contributed by atoms with Gasteiger partial charge in [-0.15, -0.1) is 0 Å². The van der Waals surface area contributed by atoms with Crippen LogP contribution in [-0.2, 0) is 28.9 Å². The first-order valence-corrected chi connectivity index (χ1v) is 13.2. The molecule has 1 aromatic carbocycles. The van der Waals surface area contributed by atoms with Crippen molar-refractivity contribution in [2.24, 2.45) is 14.1 Å². The maximum Gasteiger partial charge on any atom is 0.274 e. The second kappa shape index (κ2) is 10.6. The molecule has 1 saturated heterocycles. The Morgan fingerprint density at radius 3 is 2.50 bits per heavy atom. The second-order valence-corrected chi connectivity index (χ2v) is 10.8. The molecule has 1 unspecified atom stereocenters. The lowest BCUT2D eigenvalue weighted by Crippen LogP contribution is -2.39. The molecule has 3 heterocycles. The zero-order chi connectivity index (χ0) is 25.9. The Labute approximate surface area is 210 Å². The molecule has 3 aromatic rings. The van der Waals surface area contributed by atoms with Crippen molar-refractivity contribution in [1.29, 1.82) is 0 Å². The van der Waals surface area contributed by atoms with E-state index in [4.69, 9.17) is 0 Å². The predicted octanol–water partition coefficient (Wildman–Crippen LogP) is 1.25. The van der Waals surface area contributed by atoms with E-state index in [-0.39, 0.29) is 36.4 Å². The fraction of sp³-hybridized carbons (Fsp3) is 0.417. The zero-order valence-electron chi connectivity index (χ0n) is 20.7. The van der Waals surface area contributed by atoms with Crippen LogP contribution in [0, 0.1) is 6.92 Å². The van der Waals surface area contributed by atoms with Gasteiger partial charge in [0.2, 0.25) is 5.91 Å². The number of imidazole rings is 1. The molecule has 0 saturated carbocycles. The third kappa shape index (κ3) is 5.49. The number of nitrogens with one attached hydrogen (secondary N) is 1. The van der Waals surface area contributed by atoms with Gasteiger partial charge in [0.1, 0.15) is 0 Å². The monoisotopic (exact) mass is 513 g/mol. The van der Waals surface area contributed by atoms with E-state index in [2.05, 4.69) is 15.4 Å². The van der Waals surface area contributed by atoms with Crippen molar-refractivity contribution in [3.8, 4) is 0 Å². The molecular formula is C24H31N7O4S. The topological polar surface area (TPSA) is 122 Å². The summed E-state index contributed by atoms with van der Waals surface area (Å²) >= 11 is 0. The van der Waals surface area contributed by atoms with E-state index >= 15 is 0 Å². The molecule has 12 heteroatoms. The first-order chi connectivity index (χ1) is 17.2. The minimum Gasteiger partial charge on any atom is -0.354 e. The van der Waals surface area contributed by atoms with E-state index < -0.39 is 16.1 Å². The molecule has 0 radical (unpaired) electrons. The van der Waals surface area contributed by atoms with Crippen LogP contribution >= 0.6 is 0 Å². The summed E-state index contributed by atoms with van der Waals surface area (Å²) in [5, 5.41) is 7.05. The van der Waals surface area contributed by atoms with Crippen LogP contribution in [0.15, 0.2) is 53.9 Å². The molecular weight excluding hydrogens is 482 g/mol. The number of carbonyl (C=O) groups is 2. The van der Waals surface area contributed by atoms with Gasteiger partial charge in [0.25, 0.3) is 15.9 Å². The highest BCUT2D eigenvalue weighted by Crippen LogP contribution is 2.30. The van der Waals surface area contributed by atoms with Crippen molar-refractivity contribution >= 4 is 21.8 Å². The van der Waals surface area contributed by atoms with Gasteiger partial charge in [0.15, 0.2) is 10.7 Å². The van der Waals surface area contributed by atoms with Crippen LogP contribution in [-0.4, -0.2) is 74.9 Å². The summed E-state index contributed by atoms with van der Waals surface area (Å²) in [6.45, 7) is 2.83. The maximum atomic E-state index is 13.7. The minimum absolute atomic E-state index is 0.0521. The Balaban J connectivity index is 1.67. The van der Waals surface area contributed by atoms with Crippen LogP contribution in [0.5, 0.6) is 0 Å². The number of nitrogens with zero attached hydrogens (tertiary/aromatic N) is 6. The number of hydrogen-bond acceptors (Lipinski definition) is 6. The molecule has 1 N–H and O–H groups in total. The van der Waals surface area contributed by atoms with E-state index in [0.29, 0.717) is 30.8 Å². The number of aromatic nitrogens is 4. The lowest BCUT2D eigenvalue weighted by atomic mass is 10.0. The highest BCUT2D eigenvalue weighted by atomic mass is 32.2. The Hall–Kier alpha value is -3.51. The standard InChI is InChI=1S/C24H31N7O4S/c1-18-14-20(27-29(18)3)24(33)30-11-7-12-31(36(34,35)23-16-28(2)17-26-23)21(15-22(32)25-10-13-30)19-8-5-4-6-9-19/h4-6,8-9,14,16-17,21H,7,10-13,15H2,1-3H3,(H,25,32). The molecule has 36 heavy (non-hydrogen) atoms. The molecule has 0 bridgehead atoms. The molecule has 4 rings (SSSR count). The van der Waals surface area contributed by atoms with Gasteiger partial charge < -0.3 is 14.8 Å². The summed E-state index contributed by atoms with van der Waals surface area (Å²) in [7, 11) is -0.566. The Morgan fingerprint density at radius 1 is 1.11 bits per heavy atom. The Morgan fingerprint density at radius 2 is 1.86 bits per heavy atom. The number of carbonyl (C=O) groups excluding carboxylic acids is 2. The van der Waals surface area contributed by atoms with Gasteiger partial charge in [-0.1, -0.05) is 30.3 Å². The zero-order valence-corrected chi connectivity index (χ0v) is 21.5. The summed E-state index contributed by atoms with van der Waals surface area (Å²) in [4.78, 5) is 31.8. The van der Waals surface area contributed by atoms with E-state index in [1.807, 2.05) is 37.3 Å². The number of rotatable bonds is 4. The maximum absolute atomic E-state index is 13.7. The SMILES string of the molecule is Cc1cc(C(=O)N2CCCN(S(=O)(=O)c3cn(C)cn3)C(c3ccccc3)CC(=O)NCC2)nn1C. The minimum atomic E-state index is -4.03. The third-order valence-electron chi connectivity index (χ3n) is 6.30. The average molecular weight is 514 g/mol. The first-order valence-electron chi connectivity index (χ1n) is 11.8. The number of sulfonamides is 1. The number of hydrogen-bond donors (Lipinski definition) is 1. The largest absolute Gasteiger partial charge is 0.354 e. The van der Waals surface area contributed by atoms with Crippen LogP contribution < -0.4 is 5.32 Å². The van der Waals surface area contributed by atoms with E-state index in [1.165, 1.54) is 16.8 Å². The summed E-state index contributed by atoms with van der Waals surface area (Å²) < 4.78 is 32.0. The van der Waals surface area contributed by atoms with Crippen molar-refractivity contribution < 1.29 is 18.0 Å². The highest BCUT2D eigenvalue weighted by molar-refractivity contribution is 7.89. The van der Waals surface area contributed by atoms with Gasteiger partial charge in [-0.2, -0.15) is 9.40 Å². The molecule has 0 aliphatic carbocycles. The average Bonchev–Trinajstić information content (AvgIpc) is 3.43. The normalized spacial score (nSPS) is 18.5. The molecule has 1 aliphatic heterocycles. The molecule has 11 nitrogen and oxygen atoms in total. The van der Waals surface area contributed by atoms with Crippen molar-refractivity contribution in [3.05, 3.63) is 65.9 Å². The van der Waals surface area contributed by atoms with Gasteiger partial charge >= 0.3 is 0 Å². The quantitative estimate of drug-likeness (QED) is 0.560. The van der Waals surface area contributed by atoms with Gasteiger partial charge in [-0.3, -0.25) is 14.3 Å². The van der Waals surface area contributed by atoms with Crippen molar-refractivity contribution in [2.45, 2.75) is 30.8 Å². The van der Waals surface area contributed by atoms with Crippen LogP contribution in [0.25, 0.3) is 0 Å². The van der Waals surface area contributed by atoms with Gasteiger partial charge in [-0.25, -0.2) is 13.4 Å². The number of aryl methyl sites for hydroxylation is 3. The van der Waals surface area contributed by atoms with Gasteiger partial charge in [0, 0.05) is 58.6 Å². The first kappa shape index (κ1) is 25.6.